The summed E-state index contributed by atoms with van der Waals surface area (Å²) in [5.74, 6) is 0.680. The summed E-state index contributed by atoms with van der Waals surface area (Å²) in [4.78, 5) is 28.9. The van der Waals surface area contributed by atoms with E-state index in [9.17, 15) is 9.59 Å². The van der Waals surface area contributed by atoms with Gasteiger partial charge in [0, 0.05) is 18.3 Å². The van der Waals surface area contributed by atoms with Gasteiger partial charge in [-0.2, -0.15) is 0 Å². The van der Waals surface area contributed by atoms with Crippen LogP contribution in [0.5, 0.6) is 23.0 Å². The molecular weight excluding hydrogens is 484 g/mol. The highest BCUT2D eigenvalue weighted by molar-refractivity contribution is 6.32. The van der Waals surface area contributed by atoms with E-state index in [1.54, 1.807) is 61.5 Å². The zero-order valence-corrected chi connectivity index (χ0v) is 21.4. The number of fused-ring (bicyclic) bond motifs is 1. The Labute approximate surface area is 214 Å². The summed E-state index contributed by atoms with van der Waals surface area (Å²) in [6.07, 6.45) is 0. The third-order valence-electron chi connectivity index (χ3n) is 6.33. The van der Waals surface area contributed by atoms with Crippen molar-refractivity contribution in [3.8, 4) is 23.0 Å². The summed E-state index contributed by atoms with van der Waals surface area (Å²) in [6, 6.07) is 15.0. The first-order chi connectivity index (χ1) is 17.3. The van der Waals surface area contributed by atoms with Crippen LogP contribution >= 0.6 is 11.6 Å². The van der Waals surface area contributed by atoms with Crippen molar-refractivity contribution in [2.45, 2.75) is 12.0 Å². The number of amides is 2. The summed E-state index contributed by atoms with van der Waals surface area (Å²) < 4.78 is 21.4. The van der Waals surface area contributed by atoms with E-state index in [2.05, 4.69) is 5.32 Å². The number of carbonyl (C=O) groups excluding carboxylic acids is 2. The van der Waals surface area contributed by atoms with Crippen molar-refractivity contribution in [3.05, 3.63) is 76.3 Å². The Kier molecular flexibility index (Phi) is 7.26. The van der Waals surface area contributed by atoms with Crippen molar-refractivity contribution < 1.29 is 28.5 Å². The van der Waals surface area contributed by atoms with Gasteiger partial charge in [-0.3, -0.25) is 9.59 Å². The fourth-order valence-electron chi connectivity index (χ4n) is 4.51. The molecular formula is C27H27ClN2O6. The van der Waals surface area contributed by atoms with Gasteiger partial charge >= 0.3 is 0 Å². The molecule has 1 N–H and O–H groups in total. The molecule has 0 aliphatic carbocycles. The standard InChI is InChI=1S/C27H27ClN2O6/c1-30-25(15-6-9-17(33-2)10-7-15)24(26(31)29-16-8-11-21(34-3)20(28)12-16)18-13-22(35-4)23(36-5)14-19(18)27(30)32/h6-14,24-25H,1-5H3,(H,29,31). The molecule has 3 aromatic rings. The number of benzene rings is 3. The van der Waals surface area contributed by atoms with E-state index in [0.717, 1.165) is 5.56 Å². The monoisotopic (exact) mass is 510 g/mol. The molecule has 0 bridgehead atoms. The van der Waals surface area contributed by atoms with Crippen LogP contribution in [0.15, 0.2) is 54.6 Å². The molecule has 9 heteroatoms. The van der Waals surface area contributed by atoms with Crippen LogP contribution in [-0.4, -0.2) is 52.2 Å². The quantitative estimate of drug-likeness (QED) is 0.485. The van der Waals surface area contributed by atoms with E-state index >= 15 is 0 Å². The normalized spacial score (nSPS) is 16.7. The van der Waals surface area contributed by atoms with Gasteiger partial charge in [-0.1, -0.05) is 23.7 Å². The summed E-state index contributed by atoms with van der Waals surface area (Å²) >= 11 is 6.28. The average molecular weight is 511 g/mol. The van der Waals surface area contributed by atoms with Crippen LogP contribution in [0.1, 0.15) is 33.4 Å². The first-order valence-corrected chi connectivity index (χ1v) is 11.5. The van der Waals surface area contributed by atoms with Crippen LogP contribution in [0.3, 0.4) is 0 Å². The molecule has 188 valence electrons. The molecule has 2 unspecified atom stereocenters. The molecule has 4 rings (SSSR count). The molecule has 0 saturated carbocycles. The van der Waals surface area contributed by atoms with Crippen molar-refractivity contribution in [3.63, 3.8) is 0 Å². The number of likely N-dealkylation sites (N-methyl/N-ethyl adjacent to an activating group) is 1. The lowest BCUT2D eigenvalue weighted by molar-refractivity contribution is -0.119. The highest BCUT2D eigenvalue weighted by Crippen LogP contribution is 2.46. The lowest BCUT2D eigenvalue weighted by Gasteiger charge is -2.40. The average Bonchev–Trinajstić information content (AvgIpc) is 2.89. The molecule has 1 aliphatic rings. The van der Waals surface area contributed by atoms with Crippen molar-refractivity contribution in [2.75, 3.05) is 40.8 Å². The molecule has 0 radical (unpaired) electrons. The Balaban J connectivity index is 1.85. The first-order valence-electron chi connectivity index (χ1n) is 11.1. The lowest BCUT2D eigenvalue weighted by atomic mass is 9.79. The van der Waals surface area contributed by atoms with Gasteiger partial charge in [-0.05, 0) is 53.6 Å². The van der Waals surface area contributed by atoms with Crippen molar-refractivity contribution in [2.24, 2.45) is 0 Å². The highest BCUT2D eigenvalue weighted by atomic mass is 35.5. The largest absolute Gasteiger partial charge is 0.497 e. The Bertz CT molecular complexity index is 1290. The van der Waals surface area contributed by atoms with Gasteiger partial charge in [0.25, 0.3) is 5.91 Å². The van der Waals surface area contributed by atoms with Gasteiger partial charge in [0.15, 0.2) is 11.5 Å². The summed E-state index contributed by atoms with van der Waals surface area (Å²) in [7, 11) is 7.79. The number of carbonyl (C=O) groups is 2. The molecule has 2 amide bonds. The van der Waals surface area contributed by atoms with Crippen LogP contribution in [0.4, 0.5) is 5.69 Å². The number of hydrogen-bond donors (Lipinski definition) is 1. The molecule has 1 aliphatic heterocycles. The summed E-state index contributed by atoms with van der Waals surface area (Å²) in [6.45, 7) is 0. The van der Waals surface area contributed by atoms with E-state index in [-0.39, 0.29) is 11.8 Å². The number of anilines is 1. The predicted molar refractivity (Wildman–Crippen MR) is 137 cm³/mol. The van der Waals surface area contributed by atoms with E-state index in [4.69, 9.17) is 30.5 Å². The van der Waals surface area contributed by atoms with Gasteiger partial charge in [0.05, 0.1) is 45.4 Å². The van der Waals surface area contributed by atoms with Gasteiger partial charge in [0.1, 0.15) is 11.5 Å². The van der Waals surface area contributed by atoms with E-state index in [1.165, 1.54) is 21.3 Å². The molecule has 8 nitrogen and oxygen atoms in total. The minimum atomic E-state index is -0.767. The number of ether oxygens (including phenoxy) is 4. The third kappa shape index (κ3) is 4.52. The van der Waals surface area contributed by atoms with Crippen LogP contribution in [0.2, 0.25) is 5.02 Å². The second-order valence-electron chi connectivity index (χ2n) is 8.24. The number of methoxy groups -OCH3 is 4. The van der Waals surface area contributed by atoms with E-state index in [1.807, 2.05) is 12.1 Å². The van der Waals surface area contributed by atoms with Crippen LogP contribution in [0.25, 0.3) is 0 Å². The van der Waals surface area contributed by atoms with Crippen molar-refractivity contribution >= 4 is 29.1 Å². The minimum absolute atomic E-state index is 0.233. The van der Waals surface area contributed by atoms with Crippen LogP contribution in [-0.2, 0) is 4.79 Å². The second kappa shape index (κ2) is 10.4. The SMILES string of the molecule is COc1ccc(C2C(C(=O)Nc3ccc(OC)c(Cl)c3)c3cc(OC)c(OC)cc3C(=O)N2C)cc1. The molecule has 2 atom stereocenters. The van der Waals surface area contributed by atoms with Crippen LogP contribution in [0, 0.1) is 0 Å². The zero-order chi connectivity index (χ0) is 26.0. The topological polar surface area (TPSA) is 86.3 Å². The molecule has 3 aromatic carbocycles. The second-order valence-corrected chi connectivity index (χ2v) is 8.65. The van der Waals surface area contributed by atoms with E-state index < -0.39 is 12.0 Å². The maximum absolute atomic E-state index is 13.9. The van der Waals surface area contributed by atoms with Gasteiger partial charge < -0.3 is 29.2 Å². The molecule has 0 spiro atoms. The van der Waals surface area contributed by atoms with Crippen molar-refractivity contribution in [1.29, 1.82) is 0 Å². The first kappa shape index (κ1) is 25.2. The number of hydrogen-bond acceptors (Lipinski definition) is 6. The zero-order valence-electron chi connectivity index (χ0n) is 20.6. The Morgan fingerprint density at radius 1 is 0.861 bits per heavy atom. The molecule has 0 fully saturated rings. The fraction of sp³-hybridized carbons (Fsp3) is 0.259. The van der Waals surface area contributed by atoms with Crippen molar-refractivity contribution in [1.82, 2.24) is 4.90 Å². The number of rotatable bonds is 7. The van der Waals surface area contributed by atoms with E-state index in [0.29, 0.717) is 44.8 Å². The summed E-state index contributed by atoms with van der Waals surface area (Å²) in [5, 5.41) is 3.32. The number of nitrogens with one attached hydrogen (secondary N) is 1. The Hall–Kier alpha value is -3.91. The van der Waals surface area contributed by atoms with Gasteiger partial charge in [0.2, 0.25) is 5.91 Å². The van der Waals surface area contributed by atoms with Gasteiger partial charge in [-0.15, -0.1) is 0 Å². The Morgan fingerprint density at radius 2 is 1.50 bits per heavy atom. The molecule has 1 heterocycles. The number of nitrogens with zero attached hydrogens (tertiary/aromatic N) is 1. The summed E-state index contributed by atoms with van der Waals surface area (Å²) in [5.41, 5.74) is 2.18. The smallest absolute Gasteiger partial charge is 0.254 e. The highest BCUT2D eigenvalue weighted by Gasteiger charge is 2.43. The third-order valence-corrected chi connectivity index (χ3v) is 6.63. The molecule has 0 aromatic heterocycles. The Morgan fingerprint density at radius 3 is 2.08 bits per heavy atom. The lowest BCUT2D eigenvalue weighted by Crippen LogP contribution is -2.44. The molecule has 0 saturated heterocycles. The maximum Gasteiger partial charge on any atom is 0.254 e. The minimum Gasteiger partial charge on any atom is -0.497 e. The predicted octanol–water partition coefficient (Wildman–Crippen LogP) is 4.92. The van der Waals surface area contributed by atoms with Crippen LogP contribution < -0.4 is 24.3 Å². The maximum atomic E-state index is 13.9. The number of halogens is 1. The molecule has 36 heavy (non-hydrogen) atoms. The van der Waals surface area contributed by atoms with Gasteiger partial charge in [-0.25, -0.2) is 0 Å². The fourth-order valence-corrected chi connectivity index (χ4v) is 4.77.